The SMILES string of the molecule is O=C1c2ccccc2C(=O)N1CCOc1ccc(CCCS(=O)(=O)c2ccc(Cl)cc2)cc1[N+](=O)[O-]. The Labute approximate surface area is 212 Å². The van der Waals surface area contributed by atoms with Crippen LogP contribution in [-0.2, 0) is 16.3 Å². The predicted molar refractivity (Wildman–Crippen MR) is 132 cm³/mol. The molecule has 0 fully saturated rings. The average molecular weight is 529 g/mol. The standard InChI is InChI=1S/C25H21ClN2O7S/c26-18-8-10-19(11-9-18)36(33,34)15-3-4-17-7-12-23(22(16-17)28(31)32)35-14-13-27-24(29)20-5-1-2-6-21(20)25(27)30/h1-2,5-12,16H,3-4,13-15H2. The Hall–Kier alpha value is -3.76. The molecule has 0 atom stereocenters. The summed E-state index contributed by atoms with van der Waals surface area (Å²) >= 11 is 5.80. The molecule has 2 amide bonds. The lowest BCUT2D eigenvalue weighted by Gasteiger charge is -2.14. The molecule has 0 unspecified atom stereocenters. The number of aryl methyl sites for hydroxylation is 1. The molecule has 0 bridgehead atoms. The minimum Gasteiger partial charge on any atom is -0.485 e. The number of carbonyl (C=O) groups is 2. The van der Waals surface area contributed by atoms with E-state index in [1.165, 1.54) is 36.4 Å². The summed E-state index contributed by atoms with van der Waals surface area (Å²) in [5.41, 5.74) is 0.933. The van der Waals surface area contributed by atoms with Crippen LogP contribution in [-0.4, -0.2) is 49.0 Å². The van der Waals surface area contributed by atoms with Gasteiger partial charge in [-0.05, 0) is 60.9 Å². The van der Waals surface area contributed by atoms with E-state index in [-0.39, 0.29) is 41.7 Å². The summed E-state index contributed by atoms with van der Waals surface area (Å²) in [6.45, 7) is -0.182. The maximum absolute atomic E-state index is 12.5. The van der Waals surface area contributed by atoms with Crippen molar-refractivity contribution < 1.29 is 27.7 Å². The normalized spacial score (nSPS) is 13.1. The lowest BCUT2D eigenvalue weighted by atomic mass is 10.1. The molecule has 1 heterocycles. The van der Waals surface area contributed by atoms with Gasteiger partial charge in [0.25, 0.3) is 11.8 Å². The van der Waals surface area contributed by atoms with Crippen LogP contribution in [0.25, 0.3) is 0 Å². The van der Waals surface area contributed by atoms with Crippen molar-refractivity contribution in [1.82, 2.24) is 4.90 Å². The molecule has 3 aromatic carbocycles. The van der Waals surface area contributed by atoms with Gasteiger partial charge in [-0.15, -0.1) is 0 Å². The highest BCUT2D eigenvalue weighted by Crippen LogP contribution is 2.29. The van der Waals surface area contributed by atoms with Crippen molar-refractivity contribution in [1.29, 1.82) is 0 Å². The minimum atomic E-state index is -3.51. The summed E-state index contributed by atoms with van der Waals surface area (Å²) in [5.74, 6) is -0.995. The van der Waals surface area contributed by atoms with Crippen LogP contribution in [0, 0.1) is 10.1 Å². The van der Waals surface area contributed by atoms with E-state index in [1.807, 2.05) is 0 Å². The summed E-state index contributed by atoms with van der Waals surface area (Å²) in [7, 11) is -3.51. The molecule has 0 saturated heterocycles. The van der Waals surface area contributed by atoms with Gasteiger partial charge >= 0.3 is 5.69 Å². The van der Waals surface area contributed by atoms with Gasteiger partial charge in [0.1, 0.15) is 6.61 Å². The van der Waals surface area contributed by atoms with Crippen LogP contribution in [0.1, 0.15) is 32.7 Å². The highest BCUT2D eigenvalue weighted by atomic mass is 35.5. The van der Waals surface area contributed by atoms with E-state index in [9.17, 15) is 28.1 Å². The van der Waals surface area contributed by atoms with Crippen LogP contribution in [0.2, 0.25) is 5.02 Å². The number of fused-ring (bicyclic) bond motifs is 1. The van der Waals surface area contributed by atoms with Gasteiger partial charge in [0.05, 0.1) is 33.2 Å². The van der Waals surface area contributed by atoms with Crippen LogP contribution in [0.4, 0.5) is 5.69 Å². The van der Waals surface area contributed by atoms with Crippen molar-refractivity contribution in [3.63, 3.8) is 0 Å². The van der Waals surface area contributed by atoms with E-state index in [2.05, 4.69) is 0 Å². The first-order valence-corrected chi connectivity index (χ1v) is 13.0. The molecule has 3 aromatic rings. The van der Waals surface area contributed by atoms with Gasteiger partial charge in [-0.2, -0.15) is 0 Å². The fourth-order valence-corrected chi connectivity index (χ4v) is 5.34. The Morgan fingerprint density at radius 1 is 0.944 bits per heavy atom. The number of nitro groups is 1. The molecule has 4 rings (SSSR count). The number of hydrogen-bond acceptors (Lipinski definition) is 7. The third kappa shape index (κ3) is 5.39. The van der Waals surface area contributed by atoms with E-state index >= 15 is 0 Å². The fraction of sp³-hybridized carbons (Fsp3) is 0.200. The molecule has 11 heteroatoms. The van der Waals surface area contributed by atoms with E-state index in [0.29, 0.717) is 28.1 Å². The number of rotatable bonds is 10. The van der Waals surface area contributed by atoms with Crippen molar-refractivity contribution in [2.45, 2.75) is 17.7 Å². The number of carbonyl (C=O) groups excluding carboxylic acids is 2. The Balaban J connectivity index is 1.36. The Morgan fingerprint density at radius 3 is 2.19 bits per heavy atom. The number of imide groups is 1. The second-order valence-corrected chi connectivity index (χ2v) is 10.6. The Bertz CT molecular complexity index is 1400. The highest BCUT2D eigenvalue weighted by Gasteiger charge is 2.34. The lowest BCUT2D eigenvalue weighted by Crippen LogP contribution is -2.33. The van der Waals surface area contributed by atoms with Gasteiger partial charge in [-0.3, -0.25) is 24.6 Å². The van der Waals surface area contributed by atoms with Crippen molar-refractivity contribution in [2.75, 3.05) is 18.9 Å². The average Bonchev–Trinajstić information content (AvgIpc) is 3.09. The lowest BCUT2D eigenvalue weighted by molar-refractivity contribution is -0.385. The second-order valence-electron chi connectivity index (χ2n) is 8.09. The minimum absolute atomic E-state index is 0.00542. The number of nitro benzene ring substituents is 1. The first-order chi connectivity index (χ1) is 17.2. The molecule has 36 heavy (non-hydrogen) atoms. The van der Waals surface area contributed by atoms with E-state index in [1.54, 1.807) is 30.3 Å². The number of hydrogen-bond donors (Lipinski definition) is 0. The molecule has 0 aromatic heterocycles. The zero-order valence-corrected chi connectivity index (χ0v) is 20.5. The monoisotopic (exact) mass is 528 g/mol. The molecule has 0 spiro atoms. The van der Waals surface area contributed by atoms with E-state index in [4.69, 9.17) is 16.3 Å². The van der Waals surface area contributed by atoms with Crippen LogP contribution in [0.15, 0.2) is 71.6 Å². The van der Waals surface area contributed by atoms with Crippen LogP contribution < -0.4 is 4.74 Å². The summed E-state index contributed by atoms with van der Waals surface area (Å²) in [6.07, 6.45) is 0.574. The smallest absolute Gasteiger partial charge is 0.311 e. The summed E-state index contributed by atoms with van der Waals surface area (Å²) in [4.78, 5) is 37.1. The third-order valence-corrected chi connectivity index (χ3v) is 7.79. The van der Waals surface area contributed by atoms with Gasteiger partial charge in [0.15, 0.2) is 15.6 Å². The molecule has 0 aliphatic carbocycles. The zero-order chi connectivity index (χ0) is 25.9. The van der Waals surface area contributed by atoms with Crippen molar-refractivity contribution >= 4 is 38.9 Å². The predicted octanol–water partition coefficient (Wildman–Crippen LogP) is 4.33. The highest BCUT2D eigenvalue weighted by molar-refractivity contribution is 7.91. The molecular formula is C25H21ClN2O7S. The van der Waals surface area contributed by atoms with Crippen molar-refractivity contribution in [3.05, 3.63) is 98.6 Å². The molecule has 0 N–H and O–H groups in total. The van der Waals surface area contributed by atoms with Crippen molar-refractivity contribution in [3.8, 4) is 5.75 Å². The maximum atomic E-state index is 12.5. The molecule has 186 valence electrons. The van der Waals surface area contributed by atoms with E-state index < -0.39 is 26.6 Å². The summed E-state index contributed by atoms with van der Waals surface area (Å²) in [5, 5.41) is 12.0. The number of halogens is 1. The quantitative estimate of drug-likeness (QED) is 0.218. The zero-order valence-electron chi connectivity index (χ0n) is 18.9. The number of ether oxygens (including phenoxy) is 1. The van der Waals surface area contributed by atoms with Gasteiger partial charge in [-0.25, -0.2) is 8.42 Å². The number of nitrogens with zero attached hydrogens (tertiary/aromatic N) is 2. The van der Waals surface area contributed by atoms with E-state index in [0.717, 1.165) is 4.90 Å². The van der Waals surface area contributed by atoms with Crippen LogP contribution >= 0.6 is 11.6 Å². The van der Waals surface area contributed by atoms with Gasteiger partial charge in [0, 0.05) is 11.1 Å². The Kier molecular flexibility index (Phi) is 7.37. The molecule has 1 aliphatic rings. The number of benzene rings is 3. The molecule has 0 radical (unpaired) electrons. The number of sulfone groups is 1. The van der Waals surface area contributed by atoms with Crippen LogP contribution in [0.3, 0.4) is 0 Å². The number of amides is 2. The van der Waals surface area contributed by atoms with Gasteiger partial charge in [0.2, 0.25) is 0 Å². The summed E-state index contributed by atoms with van der Waals surface area (Å²) < 4.78 is 30.5. The first kappa shape index (κ1) is 25.3. The first-order valence-electron chi connectivity index (χ1n) is 11.0. The second kappa shape index (κ2) is 10.5. The topological polar surface area (TPSA) is 124 Å². The third-order valence-electron chi connectivity index (χ3n) is 5.72. The van der Waals surface area contributed by atoms with Crippen molar-refractivity contribution in [2.24, 2.45) is 0 Å². The van der Waals surface area contributed by atoms with Gasteiger partial charge < -0.3 is 4.74 Å². The Morgan fingerprint density at radius 2 is 1.58 bits per heavy atom. The van der Waals surface area contributed by atoms with Crippen LogP contribution in [0.5, 0.6) is 5.75 Å². The molecule has 9 nitrogen and oxygen atoms in total. The molecule has 0 saturated carbocycles. The summed E-state index contributed by atoms with van der Waals surface area (Å²) in [6, 6.07) is 16.8. The van der Waals surface area contributed by atoms with Gasteiger partial charge in [-0.1, -0.05) is 29.8 Å². The molecular weight excluding hydrogens is 508 g/mol. The fourth-order valence-electron chi connectivity index (χ4n) is 3.90. The molecule has 1 aliphatic heterocycles. The largest absolute Gasteiger partial charge is 0.485 e. The maximum Gasteiger partial charge on any atom is 0.311 e.